The molecule has 0 fully saturated rings. The zero-order chi connectivity index (χ0) is 17.8. The molecule has 128 valence electrons. The predicted molar refractivity (Wildman–Crippen MR) is 102 cm³/mol. The van der Waals surface area contributed by atoms with E-state index in [4.69, 9.17) is 4.74 Å². The summed E-state index contributed by atoms with van der Waals surface area (Å²) in [5, 5.41) is 6.62. The van der Waals surface area contributed by atoms with Crippen molar-refractivity contribution >= 4 is 23.1 Å². The average molecular weight is 334 g/mol. The zero-order valence-corrected chi connectivity index (χ0v) is 14.9. The number of hydrogen-bond acceptors (Lipinski definition) is 5. The minimum absolute atomic E-state index is 0.525. The Morgan fingerprint density at radius 3 is 2.44 bits per heavy atom. The van der Waals surface area contributed by atoms with Gasteiger partial charge < -0.3 is 15.4 Å². The van der Waals surface area contributed by atoms with Crippen LogP contribution in [0.15, 0.2) is 48.5 Å². The van der Waals surface area contributed by atoms with Crippen molar-refractivity contribution in [3.8, 4) is 5.75 Å². The van der Waals surface area contributed by atoms with Gasteiger partial charge in [0.1, 0.15) is 11.6 Å². The number of aryl methyl sites for hydroxylation is 3. The maximum atomic E-state index is 5.37. The van der Waals surface area contributed by atoms with Gasteiger partial charge >= 0.3 is 0 Å². The molecule has 1 aromatic heterocycles. The third-order valence-electron chi connectivity index (χ3n) is 3.86. The van der Waals surface area contributed by atoms with Crippen LogP contribution >= 0.6 is 0 Å². The number of rotatable bonds is 5. The molecule has 5 heteroatoms. The number of benzene rings is 2. The van der Waals surface area contributed by atoms with Crippen LogP contribution in [0.3, 0.4) is 0 Å². The van der Waals surface area contributed by atoms with Crippen molar-refractivity contribution in [2.75, 3.05) is 17.7 Å². The van der Waals surface area contributed by atoms with Gasteiger partial charge in [-0.25, -0.2) is 4.98 Å². The number of ether oxygens (including phenoxy) is 1. The fraction of sp³-hybridized carbons (Fsp3) is 0.200. The van der Waals surface area contributed by atoms with Gasteiger partial charge in [0.15, 0.2) is 0 Å². The van der Waals surface area contributed by atoms with E-state index in [-0.39, 0.29) is 0 Å². The highest BCUT2D eigenvalue weighted by molar-refractivity contribution is 5.65. The number of hydrogen-bond donors (Lipinski definition) is 2. The van der Waals surface area contributed by atoms with Crippen molar-refractivity contribution in [3.63, 3.8) is 0 Å². The van der Waals surface area contributed by atoms with Crippen LogP contribution < -0.4 is 15.4 Å². The van der Waals surface area contributed by atoms with Gasteiger partial charge in [0.05, 0.1) is 12.8 Å². The van der Waals surface area contributed by atoms with E-state index in [0.717, 1.165) is 28.6 Å². The van der Waals surface area contributed by atoms with Crippen LogP contribution in [0.25, 0.3) is 0 Å². The topological polar surface area (TPSA) is 59.1 Å². The quantitative estimate of drug-likeness (QED) is 0.695. The summed E-state index contributed by atoms with van der Waals surface area (Å²) in [5.74, 6) is 2.02. The van der Waals surface area contributed by atoms with Crippen LogP contribution in [0.2, 0.25) is 0 Å². The Morgan fingerprint density at radius 1 is 0.840 bits per heavy atom. The van der Waals surface area contributed by atoms with E-state index in [9.17, 15) is 0 Å². The second kappa shape index (κ2) is 7.21. The van der Waals surface area contributed by atoms with Gasteiger partial charge in [-0.15, -0.1) is 0 Å². The molecule has 0 saturated heterocycles. The Kier molecular flexibility index (Phi) is 4.84. The van der Waals surface area contributed by atoms with Crippen molar-refractivity contribution < 1.29 is 4.74 Å². The smallest absolute Gasteiger partial charge is 0.229 e. The number of methoxy groups -OCH3 is 1. The fourth-order valence-electron chi connectivity index (χ4n) is 2.57. The Bertz CT molecular complexity index is 893. The van der Waals surface area contributed by atoms with Crippen molar-refractivity contribution in [2.45, 2.75) is 20.8 Å². The molecule has 0 aliphatic carbocycles. The van der Waals surface area contributed by atoms with Gasteiger partial charge in [0, 0.05) is 17.4 Å². The van der Waals surface area contributed by atoms with Crippen LogP contribution in [0.4, 0.5) is 23.1 Å². The summed E-state index contributed by atoms with van der Waals surface area (Å²) in [4.78, 5) is 9.05. The van der Waals surface area contributed by atoms with Gasteiger partial charge in [-0.1, -0.05) is 24.3 Å². The van der Waals surface area contributed by atoms with Gasteiger partial charge in [-0.3, -0.25) is 0 Å². The molecule has 0 aliphatic rings. The molecule has 0 spiro atoms. The third-order valence-corrected chi connectivity index (χ3v) is 3.86. The molecule has 2 N–H and O–H groups in total. The molecule has 5 nitrogen and oxygen atoms in total. The maximum absolute atomic E-state index is 5.37. The molecule has 0 amide bonds. The van der Waals surface area contributed by atoms with Crippen LogP contribution in [-0.4, -0.2) is 17.1 Å². The normalized spacial score (nSPS) is 10.4. The second-order valence-electron chi connectivity index (χ2n) is 5.99. The molecule has 3 aromatic rings. The molecule has 2 aromatic carbocycles. The lowest BCUT2D eigenvalue weighted by Gasteiger charge is -2.13. The lowest BCUT2D eigenvalue weighted by atomic mass is 10.1. The first kappa shape index (κ1) is 16.8. The van der Waals surface area contributed by atoms with Crippen molar-refractivity contribution in [1.82, 2.24) is 9.97 Å². The van der Waals surface area contributed by atoms with E-state index in [0.29, 0.717) is 5.95 Å². The lowest BCUT2D eigenvalue weighted by molar-refractivity contribution is 0.417. The van der Waals surface area contributed by atoms with Crippen molar-refractivity contribution in [3.05, 3.63) is 65.4 Å². The molecule has 0 bridgehead atoms. The minimum Gasteiger partial charge on any atom is -0.495 e. The zero-order valence-electron chi connectivity index (χ0n) is 14.9. The van der Waals surface area contributed by atoms with E-state index in [1.165, 1.54) is 11.1 Å². The Morgan fingerprint density at radius 2 is 1.64 bits per heavy atom. The maximum Gasteiger partial charge on any atom is 0.229 e. The van der Waals surface area contributed by atoms with Crippen LogP contribution in [0.5, 0.6) is 5.75 Å². The Balaban J connectivity index is 1.89. The van der Waals surface area contributed by atoms with Gasteiger partial charge in [0.25, 0.3) is 0 Å². The van der Waals surface area contributed by atoms with Crippen LogP contribution in [0, 0.1) is 20.8 Å². The van der Waals surface area contributed by atoms with E-state index in [1.54, 1.807) is 7.11 Å². The monoisotopic (exact) mass is 334 g/mol. The molecule has 3 rings (SSSR count). The van der Waals surface area contributed by atoms with E-state index in [2.05, 4.69) is 52.6 Å². The highest BCUT2D eigenvalue weighted by atomic mass is 16.5. The van der Waals surface area contributed by atoms with Crippen LogP contribution in [0.1, 0.15) is 16.8 Å². The standard InChI is InChI=1S/C20H22N4O/c1-13-9-10-14(2)17(11-13)22-19-12-15(3)21-20(24-19)23-16-7-5-6-8-18(16)25-4/h5-12H,1-4H3,(H2,21,22,23,24). The molecule has 0 unspecified atom stereocenters. The summed E-state index contributed by atoms with van der Waals surface area (Å²) in [6, 6.07) is 15.9. The fourth-order valence-corrected chi connectivity index (χ4v) is 2.57. The summed E-state index contributed by atoms with van der Waals surface area (Å²) in [6.45, 7) is 6.09. The predicted octanol–water partition coefficient (Wildman–Crippen LogP) is 4.90. The summed E-state index contributed by atoms with van der Waals surface area (Å²) < 4.78 is 5.37. The van der Waals surface area contributed by atoms with Crippen molar-refractivity contribution in [2.24, 2.45) is 0 Å². The molecule has 0 radical (unpaired) electrons. The summed E-state index contributed by atoms with van der Waals surface area (Å²) in [6.07, 6.45) is 0. The summed E-state index contributed by atoms with van der Waals surface area (Å²) in [7, 11) is 1.64. The largest absolute Gasteiger partial charge is 0.495 e. The Hall–Kier alpha value is -3.08. The Labute approximate surface area is 148 Å². The van der Waals surface area contributed by atoms with E-state index < -0.39 is 0 Å². The molecule has 0 aliphatic heterocycles. The first-order chi connectivity index (χ1) is 12.0. The third kappa shape index (κ3) is 4.07. The second-order valence-corrected chi connectivity index (χ2v) is 5.99. The number of anilines is 4. The lowest BCUT2D eigenvalue weighted by Crippen LogP contribution is -2.04. The first-order valence-corrected chi connectivity index (χ1v) is 8.15. The SMILES string of the molecule is COc1ccccc1Nc1nc(C)cc(Nc2cc(C)ccc2C)n1. The number of nitrogens with one attached hydrogen (secondary N) is 2. The molecule has 25 heavy (non-hydrogen) atoms. The molecule has 0 saturated carbocycles. The average Bonchev–Trinajstić information content (AvgIpc) is 2.58. The van der Waals surface area contributed by atoms with Gasteiger partial charge in [-0.05, 0) is 50.1 Å². The number of para-hydroxylation sites is 2. The highest BCUT2D eigenvalue weighted by Crippen LogP contribution is 2.27. The van der Waals surface area contributed by atoms with E-state index >= 15 is 0 Å². The number of nitrogens with zero attached hydrogens (tertiary/aromatic N) is 2. The molecule has 1 heterocycles. The van der Waals surface area contributed by atoms with Gasteiger partial charge in [-0.2, -0.15) is 4.98 Å². The summed E-state index contributed by atoms with van der Waals surface area (Å²) in [5.41, 5.74) is 5.11. The van der Waals surface area contributed by atoms with E-state index in [1.807, 2.05) is 37.3 Å². The minimum atomic E-state index is 0.525. The number of aromatic nitrogens is 2. The van der Waals surface area contributed by atoms with Gasteiger partial charge in [0.2, 0.25) is 5.95 Å². The first-order valence-electron chi connectivity index (χ1n) is 8.15. The molecular weight excluding hydrogens is 312 g/mol. The molecule has 0 atom stereocenters. The highest BCUT2D eigenvalue weighted by Gasteiger charge is 2.07. The van der Waals surface area contributed by atoms with Crippen molar-refractivity contribution in [1.29, 1.82) is 0 Å². The van der Waals surface area contributed by atoms with Crippen LogP contribution in [-0.2, 0) is 0 Å². The molecular formula is C20H22N4O. The summed E-state index contributed by atoms with van der Waals surface area (Å²) >= 11 is 0.